The van der Waals surface area contributed by atoms with Crippen LogP contribution >= 0.6 is 0 Å². The fourth-order valence-electron chi connectivity index (χ4n) is 2.17. The number of nitrogens with zero attached hydrogens (tertiary/aromatic N) is 1. The summed E-state index contributed by atoms with van der Waals surface area (Å²) in [7, 11) is 0. The largest absolute Gasteiger partial charge is 0.395 e. The molecule has 1 aliphatic rings. The van der Waals surface area contributed by atoms with Gasteiger partial charge in [-0.1, -0.05) is 25.1 Å². The van der Waals surface area contributed by atoms with Gasteiger partial charge in [0.25, 0.3) is 0 Å². The first-order valence-corrected chi connectivity index (χ1v) is 5.27. The molecule has 1 unspecified atom stereocenters. The molecule has 76 valence electrons. The molecule has 1 aromatic carbocycles. The summed E-state index contributed by atoms with van der Waals surface area (Å²) in [5.74, 6) is 0.654. The van der Waals surface area contributed by atoms with E-state index in [1.807, 2.05) is 0 Å². The lowest BCUT2D eigenvalue weighted by atomic mass is 9.92. The molecule has 0 aliphatic carbocycles. The van der Waals surface area contributed by atoms with Gasteiger partial charge in [-0.2, -0.15) is 0 Å². The summed E-state index contributed by atoms with van der Waals surface area (Å²) in [4.78, 5) is 2.27. The highest BCUT2D eigenvalue weighted by molar-refractivity contribution is 5.56. The Labute approximate surface area is 85.2 Å². The highest BCUT2D eigenvalue weighted by Gasteiger charge is 2.20. The second kappa shape index (κ2) is 4.01. The first-order chi connectivity index (χ1) is 6.83. The van der Waals surface area contributed by atoms with E-state index in [0.717, 1.165) is 13.1 Å². The average Bonchev–Trinajstić information content (AvgIpc) is 2.23. The van der Waals surface area contributed by atoms with E-state index >= 15 is 0 Å². The average molecular weight is 191 g/mol. The van der Waals surface area contributed by atoms with Gasteiger partial charge in [0.05, 0.1) is 6.61 Å². The zero-order chi connectivity index (χ0) is 9.97. The smallest absolute Gasteiger partial charge is 0.0606 e. The monoisotopic (exact) mass is 191 g/mol. The molecule has 2 rings (SSSR count). The van der Waals surface area contributed by atoms with Crippen molar-refractivity contribution in [3.8, 4) is 0 Å². The Morgan fingerprint density at radius 1 is 1.43 bits per heavy atom. The Hall–Kier alpha value is -1.02. The lowest BCUT2D eigenvalue weighted by molar-refractivity contribution is 0.300. The summed E-state index contributed by atoms with van der Waals surface area (Å²) in [6.07, 6.45) is 1.19. The SMILES string of the molecule is CC1CCN(CCO)c2ccccc21. The molecule has 14 heavy (non-hydrogen) atoms. The molecule has 2 nitrogen and oxygen atoms in total. The number of hydrogen-bond donors (Lipinski definition) is 1. The van der Waals surface area contributed by atoms with Crippen LogP contribution in [0, 0.1) is 0 Å². The van der Waals surface area contributed by atoms with Gasteiger partial charge in [0.2, 0.25) is 0 Å². The zero-order valence-electron chi connectivity index (χ0n) is 8.61. The minimum absolute atomic E-state index is 0.239. The van der Waals surface area contributed by atoms with Crippen LogP contribution in [0.3, 0.4) is 0 Å². The molecule has 0 bridgehead atoms. The Morgan fingerprint density at radius 3 is 3.00 bits per heavy atom. The predicted molar refractivity (Wildman–Crippen MR) is 58.8 cm³/mol. The van der Waals surface area contributed by atoms with E-state index in [0.29, 0.717) is 5.92 Å². The third-order valence-corrected chi connectivity index (χ3v) is 3.01. The van der Waals surface area contributed by atoms with E-state index < -0.39 is 0 Å². The quantitative estimate of drug-likeness (QED) is 0.772. The molecule has 0 fully saturated rings. The topological polar surface area (TPSA) is 23.5 Å². The van der Waals surface area contributed by atoms with Gasteiger partial charge >= 0.3 is 0 Å². The van der Waals surface area contributed by atoms with Gasteiger partial charge in [-0.15, -0.1) is 0 Å². The van der Waals surface area contributed by atoms with Gasteiger partial charge in [0.15, 0.2) is 0 Å². The van der Waals surface area contributed by atoms with E-state index in [2.05, 4.69) is 36.1 Å². The maximum absolute atomic E-state index is 8.97. The number of rotatable bonds is 2. The normalized spacial score (nSPS) is 20.7. The van der Waals surface area contributed by atoms with Crippen molar-refractivity contribution in [2.24, 2.45) is 0 Å². The minimum Gasteiger partial charge on any atom is -0.395 e. The van der Waals surface area contributed by atoms with Crippen molar-refractivity contribution < 1.29 is 5.11 Å². The Bertz CT molecular complexity index is 311. The van der Waals surface area contributed by atoms with E-state index in [9.17, 15) is 0 Å². The number of anilines is 1. The van der Waals surface area contributed by atoms with Crippen molar-refractivity contribution in [1.29, 1.82) is 0 Å². The number of benzene rings is 1. The van der Waals surface area contributed by atoms with E-state index in [1.165, 1.54) is 17.7 Å². The van der Waals surface area contributed by atoms with Crippen LogP contribution in [0.5, 0.6) is 0 Å². The summed E-state index contributed by atoms with van der Waals surface area (Å²) in [5.41, 5.74) is 2.73. The Morgan fingerprint density at radius 2 is 2.21 bits per heavy atom. The van der Waals surface area contributed by atoms with Crippen molar-refractivity contribution in [1.82, 2.24) is 0 Å². The number of hydrogen-bond acceptors (Lipinski definition) is 2. The first kappa shape index (κ1) is 9.53. The van der Waals surface area contributed by atoms with Crippen LogP contribution in [0.15, 0.2) is 24.3 Å². The molecule has 1 aliphatic heterocycles. The molecule has 0 aromatic heterocycles. The number of aliphatic hydroxyl groups excluding tert-OH is 1. The zero-order valence-corrected chi connectivity index (χ0v) is 8.61. The lowest BCUT2D eigenvalue weighted by Crippen LogP contribution is -2.32. The molecule has 0 amide bonds. The van der Waals surface area contributed by atoms with E-state index in [4.69, 9.17) is 5.11 Å². The summed E-state index contributed by atoms with van der Waals surface area (Å²) in [6, 6.07) is 8.52. The van der Waals surface area contributed by atoms with Crippen LogP contribution in [0.1, 0.15) is 24.8 Å². The molecule has 1 atom stereocenters. The van der Waals surface area contributed by atoms with Crippen LogP contribution in [0.25, 0.3) is 0 Å². The number of β-amino-alcohol motifs (C(OH)–C–C–N with tert-alkyl or cyclic N) is 1. The van der Waals surface area contributed by atoms with Crippen LogP contribution in [0.4, 0.5) is 5.69 Å². The molecule has 0 spiro atoms. The molecular weight excluding hydrogens is 174 g/mol. The predicted octanol–water partition coefficient (Wildman–Crippen LogP) is 1.99. The van der Waals surface area contributed by atoms with Crippen molar-refractivity contribution in [2.75, 3.05) is 24.6 Å². The first-order valence-electron chi connectivity index (χ1n) is 5.27. The number of fused-ring (bicyclic) bond motifs is 1. The molecule has 2 heteroatoms. The van der Waals surface area contributed by atoms with Crippen molar-refractivity contribution in [3.63, 3.8) is 0 Å². The molecule has 0 saturated carbocycles. The third-order valence-electron chi connectivity index (χ3n) is 3.01. The fraction of sp³-hybridized carbons (Fsp3) is 0.500. The fourth-order valence-corrected chi connectivity index (χ4v) is 2.17. The highest BCUT2D eigenvalue weighted by atomic mass is 16.3. The summed E-state index contributed by atoms with van der Waals surface area (Å²) >= 11 is 0. The number of para-hydroxylation sites is 1. The van der Waals surface area contributed by atoms with Crippen molar-refractivity contribution in [3.05, 3.63) is 29.8 Å². The number of aliphatic hydroxyl groups is 1. The Kier molecular flexibility index (Phi) is 2.73. The van der Waals surface area contributed by atoms with Gasteiger partial charge in [0.1, 0.15) is 0 Å². The Balaban J connectivity index is 2.31. The van der Waals surface area contributed by atoms with Gasteiger partial charge < -0.3 is 10.0 Å². The second-order valence-electron chi connectivity index (χ2n) is 3.96. The molecule has 1 N–H and O–H groups in total. The van der Waals surface area contributed by atoms with Crippen LogP contribution < -0.4 is 4.90 Å². The maximum atomic E-state index is 8.97. The van der Waals surface area contributed by atoms with Crippen LogP contribution in [0.2, 0.25) is 0 Å². The molecular formula is C12H17NO. The standard InChI is InChI=1S/C12H17NO/c1-10-6-7-13(8-9-14)12-5-3-2-4-11(10)12/h2-5,10,14H,6-9H2,1H3. The van der Waals surface area contributed by atoms with Crippen LogP contribution in [-0.4, -0.2) is 24.8 Å². The van der Waals surface area contributed by atoms with Gasteiger partial charge in [-0.05, 0) is 24.0 Å². The van der Waals surface area contributed by atoms with Crippen molar-refractivity contribution >= 4 is 5.69 Å². The highest BCUT2D eigenvalue weighted by Crippen LogP contribution is 2.34. The summed E-state index contributed by atoms with van der Waals surface area (Å²) in [6.45, 7) is 4.33. The third kappa shape index (κ3) is 1.62. The molecule has 0 saturated heterocycles. The van der Waals surface area contributed by atoms with Crippen LogP contribution in [-0.2, 0) is 0 Å². The van der Waals surface area contributed by atoms with Crippen molar-refractivity contribution in [2.45, 2.75) is 19.3 Å². The minimum atomic E-state index is 0.239. The summed E-state index contributed by atoms with van der Waals surface area (Å²) < 4.78 is 0. The van der Waals surface area contributed by atoms with Gasteiger partial charge in [-0.25, -0.2) is 0 Å². The van der Waals surface area contributed by atoms with Gasteiger partial charge in [0, 0.05) is 18.8 Å². The second-order valence-corrected chi connectivity index (χ2v) is 3.96. The molecule has 1 heterocycles. The molecule has 0 radical (unpaired) electrons. The lowest BCUT2D eigenvalue weighted by Gasteiger charge is -2.34. The maximum Gasteiger partial charge on any atom is 0.0606 e. The van der Waals surface area contributed by atoms with E-state index in [-0.39, 0.29) is 6.61 Å². The van der Waals surface area contributed by atoms with E-state index in [1.54, 1.807) is 0 Å². The molecule has 1 aromatic rings. The summed E-state index contributed by atoms with van der Waals surface area (Å²) in [5, 5.41) is 8.97. The van der Waals surface area contributed by atoms with Gasteiger partial charge in [-0.3, -0.25) is 0 Å².